The third kappa shape index (κ3) is 4.31. The Morgan fingerprint density at radius 1 is 0.960 bits per heavy atom. The summed E-state index contributed by atoms with van der Waals surface area (Å²) in [6, 6.07) is 10.5. The third-order valence-corrected chi connectivity index (χ3v) is 5.12. The highest BCUT2D eigenvalue weighted by Gasteiger charge is 2.31. The number of urea groups is 1. The molecule has 0 spiro atoms. The lowest BCUT2D eigenvalue weighted by Crippen LogP contribution is -2.53. The van der Waals surface area contributed by atoms with Gasteiger partial charge in [0.05, 0.1) is 0 Å². The first-order chi connectivity index (χ1) is 12.0. The Hall–Kier alpha value is -2.08. The molecule has 2 aliphatic heterocycles. The second-order valence-electron chi connectivity index (χ2n) is 7.12. The predicted molar refractivity (Wildman–Crippen MR) is 97.1 cm³/mol. The summed E-state index contributed by atoms with van der Waals surface area (Å²) in [6.07, 6.45) is 0. The lowest BCUT2D eigenvalue weighted by molar-refractivity contribution is -0.133. The molecule has 136 valence electrons. The molecule has 1 aromatic carbocycles. The fourth-order valence-corrected chi connectivity index (χ4v) is 3.48. The van der Waals surface area contributed by atoms with Gasteiger partial charge in [0.1, 0.15) is 6.54 Å². The topological polar surface area (TPSA) is 47.1 Å². The van der Waals surface area contributed by atoms with E-state index in [-0.39, 0.29) is 18.5 Å². The Balaban J connectivity index is 1.49. The van der Waals surface area contributed by atoms with Crippen LogP contribution in [0.5, 0.6) is 0 Å². The Morgan fingerprint density at radius 2 is 1.60 bits per heavy atom. The summed E-state index contributed by atoms with van der Waals surface area (Å²) in [4.78, 5) is 32.9. The van der Waals surface area contributed by atoms with Gasteiger partial charge < -0.3 is 14.7 Å². The molecule has 2 fully saturated rings. The molecular formula is C19H28N4O2. The molecule has 0 aliphatic carbocycles. The monoisotopic (exact) mass is 344 g/mol. The van der Waals surface area contributed by atoms with Crippen molar-refractivity contribution in [3.8, 4) is 0 Å². The van der Waals surface area contributed by atoms with Crippen LogP contribution in [0.25, 0.3) is 0 Å². The van der Waals surface area contributed by atoms with Crippen molar-refractivity contribution in [2.75, 3.05) is 45.8 Å². The van der Waals surface area contributed by atoms with Crippen LogP contribution >= 0.6 is 0 Å². The van der Waals surface area contributed by atoms with Crippen LogP contribution in [0.4, 0.5) is 4.79 Å². The molecule has 0 atom stereocenters. The zero-order valence-corrected chi connectivity index (χ0v) is 15.2. The highest BCUT2D eigenvalue weighted by atomic mass is 16.2. The first-order valence-corrected chi connectivity index (χ1v) is 9.14. The maximum absolute atomic E-state index is 12.5. The van der Waals surface area contributed by atoms with Crippen molar-refractivity contribution in [1.29, 1.82) is 0 Å². The Bertz CT molecular complexity index is 597. The van der Waals surface area contributed by atoms with Crippen LogP contribution in [0.2, 0.25) is 0 Å². The SMILES string of the molecule is CC(C)N1CCN(C(=O)CN2CCN(Cc3ccccc3)C2=O)CC1. The molecule has 0 aromatic heterocycles. The van der Waals surface area contributed by atoms with Crippen molar-refractivity contribution in [1.82, 2.24) is 19.6 Å². The van der Waals surface area contributed by atoms with E-state index >= 15 is 0 Å². The van der Waals surface area contributed by atoms with Gasteiger partial charge in [-0.05, 0) is 19.4 Å². The summed E-state index contributed by atoms with van der Waals surface area (Å²) < 4.78 is 0. The molecular weight excluding hydrogens is 316 g/mol. The maximum atomic E-state index is 12.5. The Labute approximate surface area is 150 Å². The second-order valence-corrected chi connectivity index (χ2v) is 7.12. The van der Waals surface area contributed by atoms with E-state index in [1.807, 2.05) is 40.1 Å². The van der Waals surface area contributed by atoms with E-state index in [4.69, 9.17) is 0 Å². The molecule has 2 heterocycles. The van der Waals surface area contributed by atoms with Crippen LogP contribution in [0.3, 0.4) is 0 Å². The van der Waals surface area contributed by atoms with Crippen LogP contribution in [0.15, 0.2) is 30.3 Å². The largest absolute Gasteiger partial charge is 0.339 e. The van der Waals surface area contributed by atoms with Gasteiger partial charge in [0, 0.05) is 51.9 Å². The molecule has 0 unspecified atom stereocenters. The number of hydrogen-bond donors (Lipinski definition) is 0. The summed E-state index contributed by atoms with van der Waals surface area (Å²) in [5.74, 6) is 0.0679. The molecule has 3 rings (SSSR count). The maximum Gasteiger partial charge on any atom is 0.320 e. The number of carbonyl (C=O) groups is 2. The molecule has 0 saturated carbocycles. The van der Waals surface area contributed by atoms with Crippen molar-refractivity contribution >= 4 is 11.9 Å². The van der Waals surface area contributed by atoms with Gasteiger partial charge in [-0.1, -0.05) is 30.3 Å². The van der Waals surface area contributed by atoms with E-state index in [1.54, 1.807) is 4.90 Å². The van der Waals surface area contributed by atoms with Crippen LogP contribution in [0.1, 0.15) is 19.4 Å². The van der Waals surface area contributed by atoms with Gasteiger partial charge in [-0.2, -0.15) is 0 Å². The summed E-state index contributed by atoms with van der Waals surface area (Å²) in [7, 11) is 0. The quantitative estimate of drug-likeness (QED) is 0.813. The highest BCUT2D eigenvalue weighted by molar-refractivity contribution is 5.85. The average Bonchev–Trinajstić information content (AvgIpc) is 2.96. The smallest absolute Gasteiger partial charge is 0.320 e. The second kappa shape index (κ2) is 7.87. The molecule has 6 nitrogen and oxygen atoms in total. The number of rotatable bonds is 5. The van der Waals surface area contributed by atoms with Crippen molar-refractivity contribution in [2.45, 2.75) is 26.4 Å². The fourth-order valence-electron chi connectivity index (χ4n) is 3.48. The number of carbonyl (C=O) groups excluding carboxylic acids is 2. The van der Waals surface area contributed by atoms with Crippen LogP contribution < -0.4 is 0 Å². The molecule has 0 N–H and O–H groups in total. The zero-order valence-electron chi connectivity index (χ0n) is 15.2. The molecule has 2 saturated heterocycles. The van der Waals surface area contributed by atoms with Crippen LogP contribution in [0, 0.1) is 0 Å². The summed E-state index contributed by atoms with van der Waals surface area (Å²) in [5, 5.41) is 0. The third-order valence-electron chi connectivity index (χ3n) is 5.12. The molecule has 3 amide bonds. The molecule has 6 heteroatoms. The molecule has 0 bridgehead atoms. The summed E-state index contributed by atoms with van der Waals surface area (Å²) >= 11 is 0. The predicted octanol–water partition coefficient (Wildman–Crippen LogP) is 1.48. The van der Waals surface area contributed by atoms with Crippen molar-refractivity contribution in [3.63, 3.8) is 0 Å². The highest BCUT2D eigenvalue weighted by Crippen LogP contribution is 2.14. The van der Waals surface area contributed by atoms with Crippen LogP contribution in [-0.4, -0.2) is 83.4 Å². The van der Waals surface area contributed by atoms with Gasteiger partial charge in [0.2, 0.25) is 5.91 Å². The molecule has 2 aliphatic rings. The van der Waals surface area contributed by atoms with Crippen LogP contribution in [-0.2, 0) is 11.3 Å². The van der Waals surface area contributed by atoms with E-state index in [2.05, 4.69) is 18.7 Å². The van der Waals surface area contributed by atoms with Crippen molar-refractivity contribution < 1.29 is 9.59 Å². The van der Waals surface area contributed by atoms with E-state index in [0.29, 0.717) is 25.7 Å². The molecule has 0 radical (unpaired) electrons. The normalized spacial score (nSPS) is 19.2. The Kier molecular flexibility index (Phi) is 5.58. The van der Waals surface area contributed by atoms with Crippen molar-refractivity contribution in [3.05, 3.63) is 35.9 Å². The average molecular weight is 344 g/mol. The van der Waals surface area contributed by atoms with E-state index in [0.717, 1.165) is 31.7 Å². The number of nitrogens with zero attached hydrogens (tertiary/aromatic N) is 4. The van der Waals surface area contributed by atoms with Gasteiger partial charge in [0.25, 0.3) is 0 Å². The van der Waals surface area contributed by atoms with Gasteiger partial charge in [-0.25, -0.2) is 4.79 Å². The van der Waals surface area contributed by atoms with E-state index < -0.39 is 0 Å². The summed E-state index contributed by atoms with van der Waals surface area (Å²) in [5.41, 5.74) is 1.12. The first-order valence-electron chi connectivity index (χ1n) is 9.14. The van der Waals surface area contributed by atoms with Gasteiger partial charge >= 0.3 is 6.03 Å². The minimum atomic E-state index is -0.0296. The molecule has 1 aromatic rings. The zero-order chi connectivity index (χ0) is 17.8. The number of hydrogen-bond acceptors (Lipinski definition) is 3. The van der Waals surface area contributed by atoms with E-state index in [1.165, 1.54) is 0 Å². The number of amides is 3. The van der Waals surface area contributed by atoms with Gasteiger partial charge in [0.15, 0.2) is 0 Å². The number of benzene rings is 1. The lowest BCUT2D eigenvalue weighted by Gasteiger charge is -2.37. The van der Waals surface area contributed by atoms with Gasteiger partial charge in [-0.15, -0.1) is 0 Å². The fraction of sp³-hybridized carbons (Fsp3) is 0.579. The Morgan fingerprint density at radius 3 is 2.24 bits per heavy atom. The minimum Gasteiger partial charge on any atom is -0.339 e. The summed E-state index contributed by atoms with van der Waals surface area (Å²) in [6.45, 7) is 9.83. The standard InChI is InChI=1S/C19H28N4O2/c1-16(2)20-8-10-21(11-9-20)18(24)15-23-13-12-22(19(23)25)14-17-6-4-3-5-7-17/h3-7,16H,8-15H2,1-2H3. The molecule has 25 heavy (non-hydrogen) atoms. The first kappa shape index (κ1) is 17.7. The lowest BCUT2D eigenvalue weighted by atomic mass is 10.2. The van der Waals surface area contributed by atoms with Crippen molar-refractivity contribution in [2.24, 2.45) is 0 Å². The number of piperazine rings is 1. The minimum absolute atomic E-state index is 0.0296. The van der Waals surface area contributed by atoms with Gasteiger partial charge in [-0.3, -0.25) is 9.69 Å². The van der Waals surface area contributed by atoms with E-state index in [9.17, 15) is 9.59 Å².